The summed E-state index contributed by atoms with van der Waals surface area (Å²) in [6.07, 6.45) is 0.553. The smallest absolute Gasteiger partial charge is 0.299 e. The quantitative estimate of drug-likeness (QED) is 0.744. The maximum Gasteiger partial charge on any atom is 0.299 e. The van der Waals surface area contributed by atoms with Crippen molar-refractivity contribution in [1.29, 1.82) is 0 Å². The van der Waals surface area contributed by atoms with Gasteiger partial charge in [-0.15, -0.1) is 15.3 Å². The van der Waals surface area contributed by atoms with E-state index in [1.807, 2.05) is 18.2 Å². The monoisotopic (exact) mass is 302 g/mol. The minimum absolute atomic E-state index is 0.229. The number of fused-ring (bicyclic) bond motifs is 2. The van der Waals surface area contributed by atoms with Crippen molar-refractivity contribution in [3.63, 3.8) is 0 Å². The summed E-state index contributed by atoms with van der Waals surface area (Å²) in [6, 6.07) is 9.03. The molecule has 0 radical (unpaired) electrons. The molecule has 112 valence electrons. The Labute approximate surface area is 124 Å². The van der Waals surface area contributed by atoms with Crippen LogP contribution in [-0.2, 0) is 12.8 Å². The molecule has 0 saturated carbocycles. The van der Waals surface area contributed by atoms with Crippen LogP contribution in [0.5, 0.6) is 11.6 Å². The zero-order valence-corrected chi connectivity index (χ0v) is 11.5. The molecule has 0 aliphatic heterocycles. The van der Waals surface area contributed by atoms with E-state index in [9.17, 15) is 8.78 Å². The van der Waals surface area contributed by atoms with E-state index in [4.69, 9.17) is 4.74 Å². The first-order valence-corrected chi connectivity index (χ1v) is 7.01. The third-order valence-corrected chi connectivity index (χ3v) is 3.75. The number of nitrogens with zero attached hydrogens (tertiary/aromatic N) is 4. The molecule has 0 bridgehead atoms. The average molecular weight is 302 g/mol. The molecule has 22 heavy (non-hydrogen) atoms. The number of ether oxygens (including phenoxy) is 1. The highest BCUT2D eigenvalue weighted by Gasteiger charge is 2.17. The highest BCUT2D eigenvalue weighted by molar-refractivity contribution is 5.41. The van der Waals surface area contributed by atoms with Crippen LogP contribution in [0.4, 0.5) is 8.78 Å². The van der Waals surface area contributed by atoms with Gasteiger partial charge in [0.2, 0.25) is 11.7 Å². The third-order valence-electron chi connectivity index (χ3n) is 3.75. The Kier molecular flexibility index (Phi) is 2.99. The predicted octanol–water partition coefficient (Wildman–Crippen LogP) is 3.34. The van der Waals surface area contributed by atoms with Gasteiger partial charge in [0.15, 0.2) is 5.65 Å². The Hall–Kier alpha value is -2.57. The summed E-state index contributed by atoms with van der Waals surface area (Å²) in [7, 11) is 0. The Morgan fingerprint density at radius 3 is 2.77 bits per heavy atom. The van der Waals surface area contributed by atoms with Gasteiger partial charge in [-0.05, 0) is 48.6 Å². The SMILES string of the molecule is FC(F)c1nnc2ccc(Oc3ccc4c(c3)CCC4)nn12. The average Bonchev–Trinajstić information content (AvgIpc) is 3.12. The zero-order valence-electron chi connectivity index (χ0n) is 11.5. The maximum absolute atomic E-state index is 12.8. The first-order chi connectivity index (χ1) is 10.7. The second kappa shape index (κ2) is 5.01. The van der Waals surface area contributed by atoms with E-state index in [1.54, 1.807) is 12.1 Å². The molecule has 1 aliphatic rings. The van der Waals surface area contributed by atoms with Crippen LogP contribution in [-0.4, -0.2) is 19.8 Å². The first kappa shape index (κ1) is 13.1. The van der Waals surface area contributed by atoms with Crippen molar-refractivity contribution in [2.45, 2.75) is 25.7 Å². The molecule has 1 aliphatic carbocycles. The molecule has 0 saturated heterocycles. The van der Waals surface area contributed by atoms with Crippen LogP contribution in [0, 0.1) is 0 Å². The highest BCUT2D eigenvalue weighted by Crippen LogP contribution is 2.28. The number of aryl methyl sites for hydroxylation is 2. The summed E-state index contributed by atoms with van der Waals surface area (Å²) >= 11 is 0. The van der Waals surface area contributed by atoms with Crippen LogP contribution >= 0.6 is 0 Å². The van der Waals surface area contributed by atoms with Crippen molar-refractivity contribution >= 4 is 5.65 Å². The number of halogens is 2. The van der Waals surface area contributed by atoms with Gasteiger partial charge in [-0.3, -0.25) is 0 Å². The molecule has 0 spiro atoms. The molecule has 0 unspecified atom stereocenters. The molecule has 0 amide bonds. The lowest BCUT2D eigenvalue weighted by Gasteiger charge is -2.07. The van der Waals surface area contributed by atoms with Crippen molar-refractivity contribution < 1.29 is 13.5 Å². The molecular formula is C15H12F2N4O. The molecule has 0 atom stereocenters. The molecule has 3 aromatic rings. The van der Waals surface area contributed by atoms with Crippen molar-refractivity contribution in [2.24, 2.45) is 0 Å². The third kappa shape index (κ3) is 2.18. The summed E-state index contributed by atoms with van der Waals surface area (Å²) in [5.74, 6) is 0.390. The van der Waals surface area contributed by atoms with Crippen LogP contribution in [0.3, 0.4) is 0 Å². The zero-order chi connectivity index (χ0) is 15.1. The molecule has 1 aromatic carbocycles. The van der Waals surface area contributed by atoms with E-state index in [2.05, 4.69) is 15.3 Å². The van der Waals surface area contributed by atoms with E-state index in [0.717, 1.165) is 23.8 Å². The van der Waals surface area contributed by atoms with Crippen LogP contribution < -0.4 is 4.74 Å². The molecule has 5 nitrogen and oxygen atoms in total. The van der Waals surface area contributed by atoms with Crippen LogP contribution in [0.15, 0.2) is 30.3 Å². The molecule has 7 heteroatoms. The van der Waals surface area contributed by atoms with Gasteiger partial charge in [0.25, 0.3) is 6.43 Å². The van der Waals surface area contributed by atoms with E-state index in [1.165, 1.54) is 11.1 Å². The standard InChI is InChI=1S/C15H12F2N4O/c16-14(17)15-19-18-12-6-7-13(20-21(12)15)22-11-5-4-9-2-1-3-10(9)8-11/h4-8,14H,1-3H2. The number of benzene rings is 1. The topological polar surface area (TPSA) is 52.3 Å². The van der Waals surface area contributed by atoms with Gasteiger partial charge in [-0.25, -0.2) is 8.78 Å². The van der Waals surface area contributed by atoms with E-state index in [0.29, 0.717) is 5.75 Å². The largest absolute Gasteiger partial charge is 0.438 e. The number of rotatable bonds is 3. The van der Waals surface area contributed by atoms with Crippen LogP contribution in [0.2, 0.25) is 0 Å². The van der Waals surface area contributed by atoms with E-state index < -0.39 is 12.2 Å². The van der Waals surface area contributed by atoms with E-state index >= 15 is 0 Å². The summed E-state index contributed by atoms with van der Waals surface area (Å²) in [5, 5.41) is 11.1. The molecule has 0 fully saturated rings. The maximum atomic E-state index is 12.8. The van der Waals surface area contributed by atoms with Crippen molar-refractivity contribution in [2.75, 3.05) is 0 Å². The Balaban J connectivity index is 1.68. The molecule has 2 aromatic heterocycles. The summed E-state index contributed by atoms with van der Waals surface area (Å²) in [4.78, 5) is 0. The number of hydrogen-bond donors (Lipinski definition) is 0. The molecular weight excluding hydrogens is 290 g/mol. The first-order valence-electron chi connectivity index (χ1n) is 7.01. The Morgan fingerprint density at radius 1 is 1.05 bits per heavy atom. The lowest BCUT2D eigenvalue weighted by molar-refractivity contribution is 0.137. The van der Waals surface area contributed by atoms with Gasteiger partial charge in [-0.1, -0.05) is 6.07 Å². The normalized spacial score (nSPS) is 13.8. The van der Waals surface area contributed by atoms with Crippen molar-refractivity contribution in [3.05, 3.63) is 47.3 Å². The molecule has 2 heterocycles. The van der Waals surface area contributed by atoms with Gasteiger partial charge in [0, 0.05) is 6.07 Å². The van der Waals surface area contributed by atoms with Gasteiger partial charge < -0.3 is 4.74 Å². The van der Waals surface area contributed by atoms with Gasteiger partial charge in [0.05, 0.1) is 0 Å². The van der Waals surface area contributed by atoms with E-state index in [-0.39, 0.29) is 11.5 Å². The minimum Gasteiger partial charge on any atom is -0.438 e. The van der Waals surface area contributed by atoms with Gasteiger partial charge >= 0.3 is 0 Å². The lowest BCUT2D eigenvalue weighted by Crippen LogP contribution is -2.01. The van der Waals surface area contributed by atoms with Gasteiger partial charge in [0.1, 0.15) is 5.75 Å². The van der Waals surface area contributed by atoms with Crippen LogP contribution in [0.1, 0.15) is 29.8 Å². The number of alkyl halides is 2. The lowest BCUT2D eigenvalue weighted by atomic mass is 10.1. The number of aromatic nitrogens is 4. The van der Waals surface area contributed by atoms with Gasteiger partial charge in [-0.2, -0.15) is 4.52 Å². The second-order valence-electron chi connectivity index (χ2n) is 5.19. The fraction of sp³-hybridized carbons (Fsp3) is 0.267. The highest BCUT2D eigenvalue weighted by atomic mass is 19.3. The second-order valence-corrected chi connectivity index (χ2v) is 5.19. The van der Waals surface area contributed by atoms with Crippen molar-refractivity contribution in [3.8, 4) is 11.6 Å². The Morgan fingerprint density at radius 2 is 1.91 bits per heavy atom. The summed E-state index contributed by atoms with van der Waals surface area (Å²) < 4.78 is 32.4. The fourth-order valence-corrected chi connectivity index (χ4v) is 2.71. The summed E-state index contributed by atoms with van der Waals surface area (Å²) in [6.45, 7) is 0. The molecule has 0 N–H and O–H groups in total. The summed E-state index contributed by atoms with van der Waals surface area (Å²) in [5.41, 5.74) is 2.88. The number of hydrogen-bond acceptors (Lipinski definition) is 4. The minimum atomic E-state index is -2.74. The Bertz CT molecular complexity index is 847. The van der Waals surface area contributed by atoms with Crippen LogP contribution in [0.25, 0.3) is 5.65 Å². The van der Waals surface area contributed by atoms with Crippen molar-refractivity contribution in [1.82, 2.24) is 19.8 Å². The fourth-order valence-electron chi connectivity index (χ4n) is 2.71. The predicted molar refractivity (Wildman–Crippen MR) is 74.3 cm³/mol. The molecule has 4 rings (SSSR count).